The first-order chi connectivity index (χ1) is 13.6. The number of benzene rings is 2. The van der Waals surface area contributed by atoms with Crippen molar-refractivity contribution in [3.8, 4) is 22.1 Å². The Morgan fingerprint density at radius 2 is 1.89 bits per heavy atom. The molecule has 1 heterocycles. The lowest BCUT2D eigenvalue weighted by Gasteiger charge is -2.04. The number of aromatic hydroxyl groups is 1. The zero-order valence-electron chi connectivity index (χ0n) is 14.6. The summed E-state index contributed by atoms with van der Waals surface area (Å²) in [6.45, 7) is 0. The number of anilines is 1. The summed E-state index contributed by atoms with van der Waals surface area (Å²) in [5, 5.41) is 24.6. The normalized spacial score (nSPS) is 10.6. The number of carbonyl (C=O) groups excluding carboxylic acids is 2. The van der Waals surface area contributed by atoms with Crippen LogP contribution in [0.1, 0.15) is 5.56 Å². The van der Waals surface area contributed by atoms with E-state index in [1.807, 2.05) is 30.3 Å². The smallest absolute Gasteiger partial charge is 0.329 e. The van der Waals surface area contributed by atoms with Gasteiger partial charge in [0.25, 0.3) is 0 Å². The summed E-state index contributed by atoms with van der Waals surface area (Å²) in [4.78, 5) is 23.8. The highest BCUT2D eigenvalue weighted by Crippen LogP contribution is 2.28. The number of phenolic OH excluding ortho intramolecular Hbond substituents is 1. The second-order valence-corrected chi connectivity index (χ2v) is 6.31. The molecule has 9 nitrogen and oxygen atoms in total. The van der Waals surface area contributed by atoms with Crippen LogP contribution in [0.25, 0.3) is 10.6 Å². The number of ether oxygens (including phenoxy) is 1. The van der Waals surface area contributed by atoms with Crippen LogP contribution in [0.5, 0.6) is 11.5 Å². The van der Waals surface area contributed by atoms with E-state index in [1.165, 1.54) is 13.3 Å². The molecule has 3 rings (SSSR count). The number of carbonyl (C=O) groups is 2. The van der Waals surface area contributed by atoms with Crippen molar-refractivity contribution in [3.05, 3.63) is 54.1 Å². The van der Waals surface area contributed by atoms with Crippen LogP contribution in [0.15, 0.2) is 53.6 Å². The first kappa shape index (κ1) is 19.0. The molecule has 0 spiro atoms. The lowest BCUT2D eigenvalue weighted by atomic mass is 10.2. The molecule has 10 heteroatoms. The number of hydrazone groups is 1. The average molecular weight is 397 g/mol. The SMILES string of the molecule is COc1cccc(/C=N/NC(=O)C(=O)Nc2nnc(-c3ccccc3)s2)c1O. The Kier molecular flexibility index (Phi) is 5.92. The monoisotopic (exact) mass is 397 g/mol. The van der Waals surface area contributed by atoms with E-state index < -0.39 is 11.8 Å². The highest BCUT2D eigenvalue weighted by atomic mass is 32.1. The number of para-hydroxylation sites is 1. The van der Waals surface area contributed by atoms with Crippen molar-refractivity contribution in [2.45, 2.75) is 0 Å². The molecule has 28 heavy (non-hydrogen) atoms. The molecule has 3 aromatic rings. The molecule has 1 aromatic heterocycles. The minimum Gasteiger partial charge on any atom is -0.504 e. The summed E-state index contributed by atoms with van der Waals surface area (Å²) in [6, 6.07) is 14.1. The van der Waals surface area contributed by atoms with Gasteiger partial charge in [0, 0.05) is 11.1 Å². The van der Waals surface area contributed by atoms with E-state index >= 15 is 0 Å². The molecule has 0 saturated carbocycles. The Hall–Kier alpha value is -3.79. The third-order valence-corrected chi connectivity index (χ3v) is 4.38. The molecule has 0 aliphatic carbocycles. The molecule has 2 aromatic carbocycles. The number of aromatic nitrogens is 2. The first-order valence-electron chi connectivity index (χ1n) is 7.97. The molecule has 142 valence electrons. The zero-order chi connectivity index (χ0) is 19.9. The number of hydrogen-bond acceptors (Lipinski definition) is 8. The Morgan fingerprint density at radius 1 is 1.11 bits per heavy atom. The van der Waals surface area contributed by atoms with Crippen molar-refractivity contribution in [1.29, 1.82) is 0 Å². The van der Waals surface area contributed by atoms with E-state index in [1.54, 1.807) is 18.2 Å². The standard InChI is InChI=1S/C18H15N5O4S/c1-27-13-9-5-8-12(14(13)24)10-19-21-16(26)15(25)20-18-23-22-17(28-18)11-6-3-2-4-7-11/h2-10,24H,1H3,(H,21,26)(H,20,23,25)/b19-10+. The quantitative estimate of drug-likeness (QED) is 0.343. The molecule has 2 amide bonds. The van der Waals surface area contributed by atoms with Gasteiger partial charge in [-0.3, -0.25) is 14.9 Å². The number of nitrogens with one attached hydrogen (secondary N) is 2. The van der Waals surface area contributed by atoms with Crippen LogP contribution in [0.3, 0.4) is 0 Å². The minimum atomic E-state index is -0.991. The summed E-state index contributed by atoms with van der Waals surface area (Å²) in [5.41, 5.74) is 3.25. The van der Waals surface area contributed by atoms with Gasteiger partial charge in [0.1, 0.15) is 5.01 Å². The number of nitrogens with zero attached hydrogens (tertiary/aromatic N) is 3. The number of hydrogen-bond donors (Lipinski definition) is 3. The predicted molar refractivity (Wildman–Crippen MR) is 104 cm³/mol. The molecule has 0 radical (unpaired) electrons. The van der Waals surface area contributed by atoms with Gasteiger partial charge >= 0.3 is 11.8 Å². The van der Waals surface area contributed by atoms with Gasteiger partial charge in [-0.15, -0.1) is 10.2 Å². The molecule has 0 bridgehead atoms. The lowest BCUT2D eigenvalue weighted by Crippen LogP contribution is -2.32. The largest absolute Gasteiger partial charge is 0.504 e. The second kappa shape index (κ2) is 8.73. The van der Waals surface area contributed by atoms with Crippen molar-refractivity contribution >= 4 is 34.5 Å². The molecule has 0 unspecified atom stereocenters. The molecule has 0 atom stereocenters. The minimum absolute atomic E-state index is 0.130. The zero-order valence-corrected chi connectivity index (χ0v) is 15.4. The first-order valence-corrected chi connectivity index (χ1v) is 8.79. The van der Waals surface area contributed by atoms with Crippen molar-refractivity contribution < 1.29 is 19.4 Å². The maximum absolute atomic E-state index is 11.9. The highest BCUT2D eigenvalue weighted by molar-refractivity contribution is 7.18. The van der Waals surface area contributed by atoms with Crippen LogP contribution in [0.2, 0.25) is 0 Å². The van der Waals surface area contributed by atoms with Gasteiger partial charge < -0.3 is 9.84 Å². The molecular formula is C18H15N5O4S. The fraction of sp³-hybridized carbons (Fsp3) is 0.0556. The molecule has 0 aliphatic rings. The molecule has 0 saturated heterocycles. The molecular weight excluding hydrogens is 382 g/mol. The number of rotatable bonds is 5. The van der Waals surface area contributed by atoms with Gasteiger partial charge in [-0.05, 0) is 12.1 Å². The molecule has 0 fully saturated rings. The maximum atomic E-state index is 11.9. The maximum Gasteiger partial charge on any atom is 0.329 e. The predicted octanol–water partition coefficient (Wildman–Crippen LogP) is 2.01. The van der Waals surface area contributed by atoms with Crippen molar-refractivity contribution in [2.24, 2.45) is 5.10 Å². The van der Waals surface area contributed by atoms with E-state index in [9.17, 15) is 14.7 Å². The van der Waals surface area contributed by atoms with E-state index in [4.69, 9.17) is 4.74 Å². The van der Waals surface area contributed by atoms with Crippen LogP contribution < -0.4 is 15.5 Å². The highest BCUT2D eigenvalue weighted by Gasteiger charge is 2.16. The lowest BCUT2D eigenvalue weighted by molar-refractivity contribution is -0.136. The summed E-state index contributed by atoms with van der Waals surface area (Å²) in [5.74, 6) is -1.80. The van der Waals surface area contributed by atoms with Crippen LogP contribution in [-0.2, 0) is 9.59 Å². The third kappa shape index (κ3) is 4.48. The Labute approximate surface area is 163 Å². The van der Waals surface area contributed by atoms with Gasteiger partial charge in [-0.25, -0.2) is 5.43 Å². The Bertz CT molecular complexity index is 1020. The van der Waals surface area contributed by atoms with Crippen molar-refractivity contribution in [1.82, 2.24) is 15.6 Å². The van der Waals surface area contributed by atoms with Crippen LogP contribution in [-0.4, -0.2) is 40.4 Å². The van der Waals surface area contributed by atoms with E-state index in [2.05, 4.69) is 26.0 Å². The average Bonchev–Trinajstić information content (AvgIpc) is 3.18. The van der Waals surface area contributed by atoms with Crippen LogP contribution in [0.4, 0.5) is 5.13 Å². The molecule has 3 N–H and O–H groups in total. The van der Waals surface area contributed by atoms with Gasteiger partial charge in [-0.2, -0.15) is 5.10 Å². The van der Waals surface area contributed by atoms with Gasteiger partial charge in [0.05, 0.1) is 13.3 Å². The van der Waals surface area contributed by atoms with Crippen LogP contribution >= 0.6 is 11.3 Å². The van der Waals surface area contributed by atoms with E-state index in [-0.39, 0.29) is 16.6 Å². The van der Waals surface area contributed by atoms with E-state index in [0.29, 0.717) is 10.6 Å². The van der Waals surface area contributed by atoms with Gasteiger partial charge in [0.15, 0.2) is 11.5 Å². The fourth-order valence-electron chi connectivity index (χ4n) is 2.14. The second-order valence-electron chi connectivity index (χ2n) is 5.33. The Balaban J connectivity index is 1.58. The number of amides is 2. The molecule has 0 aliphatic heterocycles. The van der Waals surface area contributed by atoms with Gasteiger partial charge in [-0.1, -0.05) is 47.7 Å². The number of phenols is 1. The van der Waals surface area contributed by atoms with E-state index in [0.717, 1.165) is 16.9 Å². The topological polar surface area (TPSA) is 126 Å². The summed E-state index contributed by atoms with van der Waals surface area (Å²) >= 11 is 1.14. The number of methoxy groups -OCH3 is 1. The fourth-order valence-corrected chi connectivity index (χ4v) is 2.89. The summed E-state index contributed by atoms with van der Waals surface area (Å²) in [7, 11) is 1.42. The summed E-state index contributed by atoms with van der Waals surface area (Å²) < 4.78 is 4.98. The third-order valence-electron chi connectivity index (χ3n) is 3.49. The van der Waals surface area contributed by atoms with Crippen LogP contribution in [0, 0.1) is 0 Å². The Morgan fingerprint density at radius 3 is 2.64 bits per heavy atom. The van der Waals surface area contributed by atoms with Gasteiger partial charge in [0.2, 0.25) is 5.13 Å². The summed E-state index contributed by atoms with van der Waals surface area (Å²) in [6.07, 6.45) is 1.20. The van der Waals surface area contributed by atoms with Crippen molar-refractivity contribution in [3.63, 3.8) is 0 Å². The van der Waals surface area contributed by atoms with Crippen molar-refractivity contribution in [2.75, 3.05) is 12.4 Å².